The summed E-state index contributed by atoms with van der Waals surface area (Å²) in [5, 5.41) is 5.99. The molecular weight excluding hydrogens is 168 g/mol. The molecule has 0 aromatic rings. The number of carbonyl (C=O) groups is 1. The molecule has 0 aromatic carbocycles. The van der Waals surface area contributed by atoms with E-state index in [0.717, 1.165) is 19.5 Å². The smallest absolute Gasteiger partial charge is 0.407 e. The number of rotatable bonds is 0. The molecule has 2 fully saturated rings. The number of alkyl carbamates (subject to hydrolysis) is 1. The van der Waals surface area contributed by atoms with Crippen LogP contribution in [0.4, 0.5) is 4.79 Å². The first-order valence-electron chi connectivity index (χ1n) is 3.46. The van der Waals surface area contributed by atoms with E-state index in [1.165, 1.54) is 0 Å². The van der Waals surface area contributed by atoms with Crippen LogP contribution in [0.2, 0.25) is 0 Å². The predicted octanol–water partition coefficient (Wildman–Crippen LogP) is -0.120. The van der Waals surface area contributed by atoms with E-state index in [4.69, 9.17) is 4.74 Å². The third kappa shape index (κ3) is 1.41. The second kappa shape index (κ2) is 2.87. The van der Waals surface area contributed by atoms with Crippen LogP contribution < -0.4 is 10.6 Å². The zero-order valence-electron chi connectivity index (χ0n) is 6.05. The Balaban J connectivity index is 0.000000605. The minimum absolute atomic E-state index is 0. The SMILES string of the molecule is Cl.O=C1NC2(CCNC2)CO1. The number of halogens is 1. The van der Waals surface area contributed by atoms with Crippen molar-refractivity contribution >= 4 is 18.5 Å². The van der Waals surface area contributed by atoms with Gasteiger partial charge < -0.3 is 15.4 Å². The van der Waals surface area contributed by atoms with Gasteiger partial charge in [-0.05, 0) is 13.0 Å². The molecule has 0 saturated carbocycles. The molecule has 2 aliphatic rings. The molecule has 1 spiro atoms. The van der Waals surface area contributed by atoms with Gasteiger partial charge in [0.05, 0.1) is 5.54 Å². The fraction of sp³-hybridized carbons (Fsp3) is 0.833. The van der Waals surface area contributed by atoms with Gasteiger partial charge in [-0.3, -0.25) is 0 Å². The van der Waals surface area contributed by atoms with Gasteiger partial charge in [-0.15, -0.1) is 12.4 Å². The van der Waals surface area contributed by atoms with Crippen molar-refractivity contribution in [2.24, 2.45) is 0 Å². The molecule has 2 rings (SSSR count). The van der Waals surface area contributed by atoms with Gasteiger partial charge in [-0.1, -0.05) is 0 Å². The highest BCUT2D eigenvalue weighted by atomic mass is 35.5. The van der Waals surface area contributed by atoms with Crippen molar-refractivity contribution in [1.29, 1.82) is 0 Å². The van der Waals surface area contributed by atoms with Crippen molar-refractivity contribution in [2.75, 3.05) is 19.7 Å². The molecule has 1 amide bonds. The molecule has 11 heavy (non-hydrogen) atoms. The summed E-state index contributed by atoms with van der Waals surface area (Å²) in [6, 6.07) is 0. The minimum Gasteiger partial charge on any atom is -0.447 e. The van der Waals surface area contributed by atoms with E-state index >= 15 is 0 Å². The molecule has 5 heteroatoms. The van der Waals surface area contributed by atoms with Crippen molar-refractivity contribution in [3.63, 3.8) is 0 Å². The van der Waals surface area contributed by atoms with Gasteiger partial charge in [0.25, 0.3) is 0 Å². The number of ether oxygens (including phenoxy) is 1. The largest absolute Gasteiger partial charge is 0.447 e. The molecule has 4 nitrogen and oxygen atoms in total. The fourth-order valence-corrected chi connectivity index (χ4v) is 1.47. The van der Waals surface area contributed by atoms with Crippen LogP contribution in [0.15, 0.2) is 0 Å². The van der Waals surface area contributed by atoms with Gasteiger partial charge in [-0.2, -0.15) is 0 Å². The van der Waals surface area contributed by atoms with E-state index in [-0.39, 0.29) is 24.0 Å². The summed E-state index contributed by atoms with van der Waals surface area (Å²) < 4.78 is 4.80. The van der Waals surface area contributed by atoms with Crippen molar-refractivity contribution in [1.82, 2.24) is 10.6 Å². The van der Waals surface area contributed by atoms with Crippen LogP contribution >= 0.6 is 12.4 Å². The van der Waals surface area contributed by atoms with Gasteiger partial charge >= 0.3 is 6.09 Å². The highest BCUT2D eigenvalue weighted by molar-refractivity contribution is 5.85. The molecule has 64 valence electrons. The number of cyclic esters (lactones) is 1. The van der Waals surface area contributed by atoms with Crippen LogP contribution in [0.3, 0.4) is 0 Å². The van der Waals surface area contributed by atoms with E-state index in [1.807, 2.05) is 0 Å². The van der Waals surface area contributed by atoms with Gasteiger partial charge in [0.2, 0.25) is 0 Å². The Morgan fingerprint density at radius 1 is 1.55 bits per heavy atom. The third-order valence-electron chi connectivity index (χ3n) is 2.09. The number of amides is 1. The Labute approximate surface area is 71.1 Å². The summed E-state index contributed by atoms with van der Waals surface area (Å²) in [4.78, 5) is 10.6. The summed E-state index contributed by atoms with van der Waals surface area (Å²) >= 11 is 0. The molecule has 0 radical (unpaired) electrons. The van der Waals surface area contributed by atoms with Crippen LogP contribution in [0.5, 0.6) is 0 Å². The first kappa shape index (κ1) is 8.62. The summed E-state index contributed by atoms with van der Waals surface area (Å²) in [7, 11) is 0. The van der Waals surface area contributed by atoms with Gasteiger partial charge in [0.1, 0.15) is 6.61 Å². The highest BCUT2D eigenvalue weighted by Crippen LogP contribution is 2.19. The Kier molecular flexibility index (Phi) is 2.25. The number of nitrogens with one attached hydrogen (secondary N) is 2. The Morgan fingerprint density at radius 2 is 2.36 bits per heavy atom. The van der Waals surface area contributed by atoms with Crippen LogP contribution in [-0.4, -0.2) is 31.3 Å². The monoisotopic (exact) mass is 178 g/mol. The number of hydrogen-bond acceptors (Lipinski definition) is 3. The van der Waals surface area contributed by atoms with Crippen LogP contribution in [0.25, 0.3) is 0 Å². The van der Waals surface area contributed by atoms with E-state index < -0.39 is 0 Å². The Hall–Kier alpha value is -0.480. The highest BCUT2D eigenvalue weighted by Gasteiger charge is 2.41. The van der Waals surface area contributed by atoms with Crippen molar-refractivity contribution < 1.29 is 9.53 Å². The molecule has 0 bridgehead atoms. The van der Waals surface area contributed by atoms with Crippen molar-refractivity contribution in [3.8, 4) is 0 Å². The molecule has 2 saturated heterocycles. The van der Waals surface area contributed by atoms with Crippen LogP contribution in [0.1, 0.15) is 6.42 Å². The predicted molar refractivity (Wildman–Crippen MR) is 41.9 cm³/mol. The second-order valence-corrected chi connectivity index (χ2v) is 2.91. The molecular formula is C6H11ClN2O2. The zero-order valence-corrected chi connectivity index (χ0v) is 6.87. The first-order valence-corrected chi connectivity index (χ1v) is 3.46. The lowest BCUT2D eigenvalue weighted by atomic mass is 10.0. The van der Waals surface area contributed by atoms with Gasteiger partial charge in [0.15, 0.2) is 0 Å². The maximum Gasteiger partial charge on any atom is 0.407 e. The Morgan fingerprint density at radius 3 is 2.82 bits per heavy atom. The van der Waals surface area contributed by atoms with Gasteiger partial charge in [0, 0.05) is 6.54 Å². The fourth-order valence-electron chi connectivity index (χ4n) is 1.47. The van der Waals surface area contributed by atoms with Crippen LogP contribution in [-0.2, 0) is 4.74 Å². The molecule has 0 aromatic heterocycles. The molecule has 1 atom stereocenters. The lowest BCUT2D eigenvalue weighted by molar-refractivity contribution is 0.173. The van der Waals surface area contributed by atoms with Gasteiger partial charge in [-0.25, -0.2) is 4.79 Å². The lowest BCUT2D eigenvalue weighted by Crippen LogP contribution is -2.45. The topological polar surface area (TPSA) is 50.4 Å². The molecule has 1 unspecified atom stereocenters. The standard InChI is InChI=1S/C6H10N2O2.ClH/c9-5-8-6(4-10-5)1-2-7-3-6;/h7H,1-4H2,(H,8,9);1H. The lowest BCUT2D eigenvalue weighted by Gasteiger charge is -2.16. The van der Waals surface area contributed by atoms with E-state index in [0.29, 0.717) is 6.61 Å². The molecule has 0 aliphatic carbocycles. The number of hydrogen-bond donors (Lipinski definition) is 2. The maximum absolute atomic E-state index is 10.6. The molecule has 2 heterocycles. The summed E-state index contributed by atoms with van der Waals surface area (Å²) in [5.74, 6) is 0. The van der Waals surface area contributed by atoms with Crippen LogP contribution in [0, 0.1) is 0 Å². The average molecular weight is 179 g/mol. The van der Waals surface area contributed by atoms with E-state index in [1.54, 1.807) is 0 Å². The number of carbonyl (C=O) groups excluding carboxylic acids is 1. The summed E-state index contributed by atoms with van der Waals surface area (Å²) in [5.41, 5.74) is -0.0723. The van der Waals surface area contributed by atoms with E-state index in [2.05, 4.69) is 10.6 Å². The zero-order chi connectivity index (χ0) is 7.03. The quantitative estimate of drug-likeness (QED) is 0.544. The van der Waals surface area contributed by atoms with E-state index in [9.17, 15) is 4.79 Å². The molecule has 2 aliphatic heterocycles. The van der Waals surface area contributed by atoms with Crippen molar-refractivity contribution in [3.05, 3.63) is 0 Å². The second-order valence-electron chi connectivity index (χ2n) is 2.91. The maximum atomic E-state index is 10.6. The first-order chi connectivity index (χ1) is 4.81. The third-order valence-corrected chi connectivity index (χ3v) is 2.09. The summed E-state index contributed by atoms with van der Waals surface area (Å²) in [6.07, 6.45) is 0.711. The Bertz CT molecular complexity index is 168. The average Bonchev–Trinajstić information content (AvgIpc) is 2.46. The minimum atomic E-state index is -0.274. The normalized spacial score (nSPS) is 34.7. The summed E-state index contributed by atoms with van der Waals surface area (Å²) in [6.45, 7) is 2.35. The van der Waals surface area contributed by atoms with Crippen molar-refractivity contribution in [2.45, 2.75) is 12.0 Å². The molecule has 2 N–H and O–H groups in total.